The third-order valence-corrected chi connectivity index (χ3v) is 5.74. The minimum absolute atomic E-state index is 0.0566. The highest BCUT2D eigenvalue weighted by Crippen LogP contribution is 2.21. The van der Waals surface area contributed by atoms with Gasteiger partial charge in [-0.15, -0.1) is 0 Å². The fraction of sp³-hybridized carbons (Fsp3) is 0.350. The number of hydrogen-bond donors (Lipinski definition) is 2. The molecule has 9 heteroatoms. The summed E-state index contributed by atoms with van der Waals surface area (Å²) >= 11 is 0. The van der Waals surface area contributed by atoms with Crippen LogP contribution in [0.25, 0.3) is 0 Å². The minimum Gasteiger partial charge on any atom is -0.350 e. The number of carbonyl (C=O) groups is 1. The van der Waals surface area contributed by atoms with Gasteiger partial charge in [0.15, 0.2) is 0 Å². The van der Waals surface area contributed by atoms with E-state index in [1.807, 2.05) is 6.92 Å². The maximum absolute atomic E-state index is 12.5. The van der Waals surface area contributed by atoms with E-state index < -0.39 is 14.9 Å². The Morgan fingerprint density at radius 1 is 1.14 bits per heavy atom. The maximum atomic E-state index is 12.5. The molecular formula is C20H25N3O5S. The number of nitrogens with one attached hydrogen (secondary N) is 2. The molecule has 0 aliphatic heterocycles. The molecular weight excluding hydrogens is 394 g/mol. The molecule has 156 valence electrons. The third-order valence-electron chi connectivity index (χ3n) is 4.36. The van der Waals surface area contributed by atoms with E-state index in [-0.39, 0.29) is 28.2 Å². The Labute approximate surface area is 170 Å². The minimum atomic E-state index is -3.99. The van der Waals surface area contributed by atoms with Crippen LogP contribution in [0.5, 0.6) is 0 Å². The van der Waals surface area contributed by atoms with Gasteiger partial charge in [0.25, 0.3) is 21.6 Å². The first kappa shape index (κ1) is 22.4. The molecule has 0 fully saturated rings. The van der Waals surface area contributed by atoms with Crippen LogP contribution in [0.1, 0.15) is 49.9 Å². The van der Waals surface area contributed by atoms with Crippen molar-refractivity contribution in [3.63, 3.8) is 0 Å². The first-order valence-electron chi connectivity index (χ1n) is 9.41. The molecule has 0 aliphatic carbocycles. The number of benzene rings is 2. The molecule has 29 heavy (non-hydrogen) atoms. The Kier molecular flexibility index (Phi) is 7.72. The number of nitrogens with zero attached hydrogens (tertiary/aromatic N) is 1. The van der Waals surface area contributed by atoms with Crippen molar-refractivity contribution < 1.29 is 18.1 Å². The van der Waals surface area contributed by atoms with Crippen molar-refractivity contribution in [1.82, 2.24) is 5.32 Å². The van der Waals surface area contributed by atoms with Gasteiger partial charge in [0.2, 0.25) is 0 Å². The van der Waals surface area contributed by atoms with Crippen LogP contribution in [0.2, 0.25) is 0 Å². The van der Waals surface area contributed by atoms with Crippen LogP contribution in [0, 0.1) is 10.1 Å². The van der Waals surface area contributed by atoms with Crippen LogP contribution in [-0.2, 0) is 10.0 Å². The van der Waals surface area contributed by atoms with Crippen LogP contribution < -0.4 is 10.0 Å². The molecule has 0 saturated carbocycles. The summed E-state index contributed by atoms with van der Waals surface area (Å²) < 4.78 is 27.3. The van der Waals surface area contributed by atoms with Crippen molar-refractivity contribution in [1.29, 1.82) is 0 Å². The zero-order valence-corrected chi connectivity index (χ0v) is 17.2. The fourth-order valence-electron chi connectivity index (χ4n) is 2.75. The molecule has 2 rings (SSSR count). The molecule has 0 saturated heterocycles. The summed E-state index contributed by atoms with van der Waals surface area (Å²) in [6.45, 7) is 4.08. The van der Waals surface area contributed by atoms with Gasteiger partial charge in [-0.1, -0.05) is 32.3 Å². The first-order chi connectivity index (χ1) is 13.7. The predicted molar refractivity (Wildman–Crippen MR) is 111 cm³/mol. The number of rotatable bonds is 10. The van der Waals surface area contributed by atoms with Gasteiger partial charge < -0.3 is 5.32 Å². The fourth-order valence-corrected chi connectivity index (χ4v) is 3.85. The van der Waals surface area contributed by atoms with Gasteiger partial charge in [-0.05, 0) is 43.7 Å². The van der Waals surface area contributed by atoms with Crippen molar-refractivity contribution >= 4 is 27.3 Å². The molecule has 0 aliphatic rings. The second kappa shape index (κ2) is 10.0. The van der Waals surface area contributed by atoms with E-state index in [0.29, 0.717) is 5.56 Å². The van der Waals surface area contributed by atoms with E-state index in [0.717, 1.165) is 31.7 Å². The number of sulfonamides is 1. The van der Waals surface area contributed by atoms with Crippen LogP contribution in [0.15, 0.2) is 53.4 Å². The van der Waals surface area contributed by atoms with Crippen molar-refractivity contribution in [2.24, 2.45) is 0 Å². The molecule has 2 aromatic rings. The Balaban J connectivity index is 2.03. The average Bonchev–Trinajstić information content (AvgIpc) is 2.68. The Morgan fingerprint density at radius 2 is 1.83 bits per heavy atom. The summed E-state index contributed by atoms with van der Waals surface area (Å²) in [6.07, 6.45) is 4.20. The number of nitro benzene ring substituents is 1. The molecule has 2 N–H and O–H groups in total. The molecule has 0 aromatic heterocycles. The van der Waals surface area contributed by atoms with Gasteiger partial charge in [-0.2, -0.15) is 0 Å². The summed E-state index contributed by atoms with van der Waals surface area (Å²) in [5.41, 5.74) is 0.364. The highest BCUT2D eigenvalue weighted by atomic mass is 32.2. The highest BCUT2D eigenvalue weighted by molar-refractivity contribution is 7.92. The number of anilines is 1. The van der Waals surface area contributed by atoms with Gasteiger partial charge in [-0.3, -0.25) is 19.6 Å². The van der Waals surface area contributed by atoms with E-state index in [2.05, 4.69) is 17.0 Å². The number of carbonyl (C=O) groups excluding carboxylic acids is 1. The molecule has 1 atom stereocenters. The lowest BCUT2D eigenvalue weighted by atomic mass is 10.1. The zero-order chi connectivity index (χ0) is 21.4. The van der Waals surface area contributed by atoms with Crippen LogP contribution in [-0.4, -0.2) is 25.3 Å². The van der Waals surface area contributed by atoms with Gasteiger partial charge >= 0.3 is 0 Å². The number of hydrogen-bond acceptors (Lipinski definition) is 5. The zero-order valence-electron chi connectivity index (χ0n) is 16.4. The topological polar surface area (TPSA) is 118 Å². The Bertz CT molecular complexity index is 958. The summed E-state index contributed by atoms with van der Waals surface area (Å²) in [5.74, 6) is -0.220. The largest absolute Gasteiger partial charge is 0.350 e. The van der Waals surface area contributed by atoms with Crippen LogP contribution >= 0.6 is 0 Å². The lowest BCUT2D eigenvalue weighted by Gasteiger charge is -2.14. The SMILES string of the molecule is CCCCCC(C)NC(=O)c1ccc(NS(=O)(=O)c2cccc([N+](=O)[O-])c2)cc1. The third kappa shape index (κ3) is 6.56. The molecule has 1 unspecified atom stereocenters. The van der Waals surface area contributed by atoms with Crippen LogP contribution in [0.3, 0.4) is 0 Å². The number of nitro groups is 1. The molecule has 0 radical (unpaired) electrons. The van der Waals surface area contributed by atoms with Gasteiger partial charge in [0, 0.05) is 29.4 Å². The lowest BCUT2D eigenvalue weighted by Crippen LogP contribution is -2.32. The van der Waals surface area contributed by atoms with E-state index in [4.69, 9.17) is 0 Å². The number of non-ortho nitro benzene ring substituents is 1. The normalized spacial score (nSPS) is 12.2. The highest BCUT2D eigenvalue weighted by Gasteiger charge is 2.18. The first-order valence-corrected chi connectivity index (χ1v) is 10.9. The molecule has 2 aromatic carbocycles. The lowest BCUT2D eigenvalue weighted by molar-refractivity contribution is -0.385. The summed E-state index contributed by atoms with van der Waals surface area (Å²) in [4.78, 5) is 22.3. The summed E-state index contributed by atoms with van der Waals surface area (Å²) in [7, 11) is -3.99. The van der Waals surface area contributed by atoms with Gasteiger partial charge in [-0.25, -0.2) is 8.42 Å². The second-order valence-electron chi connectivity index (χ2n) is 6.81. The molecule has 1 amide bonds. The molecule has 8 nitrogen and oxygen atoms in total. The standard InChI is InChI=1S/C20H25N3O5S/c1-3-4-5-7-15(2)21-20(24)16-10-12-17(13-11-16)22-29(27,28)19-9-6-8-18(14-19)23(25)26/h6,8-15,22H,3-5,7H2,1-2H3,(H,21,24). The van der Waals surface area contributed by atoms with E-state index in [1.165, 1.54) is 42.5 Å². The smallest absolute Gasteiger partial charge is 0.270 e. The predicted octanol–water partition coefficient (Wildman–Crippen LogP) is 4.09. The van der Waals surface area contributed by atoms with E-state index >= 15 is 0 Å². The van der Waals surface area contributed by atoms with Crippen molar-refractivity contribution in [2.75, 3.05) is 4.72 Å². The second-order valence-corrected chi connectivity index (χ2v) is 8.49. The monoisotopic (exact) mass is 419 g/mol. The Morgan fingerprint density at radius 3 is 2.45 bits per heavy atom. The molecule has 0 spiro atoms. The Hall–Kier alpha value is -2.94. The van der Waals surface area contributed by atoms with Crippen LogP contribution in [0.4, 0.5) is 11.4 Å². The number of unbranched alkanes of at least 4 members (excludes halogenated alkanes) is 2. The maximum Gasteiger partial charge on any atom is 0.270 e. The summed E-state index contributed by atoms with van der Waals surface area (Å²) in [5, 5.41) is 13.8. The molecule has 0 bridgehead atoms. The summed E-state index contributed by atoms with van der Waals surface area (Å²) in [6, 6.07) is 10.9. The molecule has 0 heterocycles. The number of amides is 1. The van der Waals surface area contributed by atoms with Crippen molar-refractivity contribution in [2.45, 2.75) is 50.5 Å². The van der Waals surface area contributed by atoms with Crippen molar-refractivity contribution in [3.05, 3.63) is 64.2 Å². The average molecular weight is 420 g/mol. The quantitative estimate of drug-likeness (QED) is 0.341. The van der Waals surface area contributed by atoms with Gasteiger partial charge in [0.1, 0.15) is 0 Å². The van der Waals surface area contributed by atoms with Crippen molar-refractivity contribution in [3.8, 4) is 0 Å². The van der Waals surface area contributed by atoms with E-state index in [9.17, 15) is 23.3 Å². The van der Waals surface area contributed by atoms with E-state index in [1.54, 1.807) is 0 Å². The van der Waals surface area contributed by atoms with Gasteiger partial charge in [0.05, 0.1) is 9.82 Å².